The van der Waals surface area contributed by atoms with E-state index >= 15 is 0 Å². The maximum Gasteiger partial charge on any atom is 0.309 e. The molecular weight excluding hydrogens is 439 g/mol. The first-order valence-corrected chi connectivity index (χ1v) is 9.04. The fourth-order valence-corrected chi connectivity index (χ4v) is 2.80. The van der Waals surface area contributed by atoms with Crippen molar-refractivity contribution in [2.45, 2.75) is 12.0 Å². The van der Waals surface area contributed by atoms with E-state index in [9.17, 15) is 18.0 Å². The van der Waals surface area contributed by atoms with E-state index in [0.717, 1.165) is 12.1 Å². The second-order valence-corrected chi connectivity index (χ2v) is 6.63. The number of hydrogen-bond donors (Lipinski definition) is 2. The Morgan fingerprint density at radius 3 is 2.97 bits per heavy atom. The molecule has 3 N–H and O–H groups in total. The average Bonchev–Trinajstić information content (AvgIpc) is 2.71. The molecule has 1 amide bonds. The summed E-state index contributed by atoms with van der Waals surface area (Å²) in [5, 5.41) is 2.34. The van der Waals surface area contributed by atoms with E-state index in [1.54, 1.807) is 0 Å². The third-order valence-electron chi connectivity index (χ3n) is 3.95. The Bertz CT molecular complexity index is 1100. The van der Waals surface area contributed by atoms with Crippen LogP contribution >= 0.6 is 11.6 Å². The van der Waals surface area contributed by atoms with E-state index in [2.05, 4.69) is 36.9 Å². The van der Waals surface area contributed by atoms with E-state index in [-0.39, 0.29) is 23.1 Å². The van der Waals surface area contributed by atoms with Crippen LogP contribution in [0.1, 0.15) is 27.8 Å². The van der Waals surface area contributed by atoms with Crippen LogP contribution in [0.15, 0.2) is 29.4 Å². The number of carbonyl (C=O) groups is 1. The van der Waals surface area contributed by atoms with Gasteiger partial charge in [-0.05, 0) is 18.2 Å². The first-order chi connectivity index (χ1) is 14.7. The SMILES string of the molecule is COCC#Cc1cnc(C(=O)Nc2ccc(F)c([C@H]3N=C(N)OCC3(F)F)n2)c(Cl)c1. The molecule has 162 valence electrons. The molecule has 1 aliphatic rings. The van der Waals surface area contributed by atoms with E-state index in [1.807, 2.05) is 0 Å². The number of amides is 1. The van der Waals surface area contributed by atoms with Gasteiger partial charge in [-0.2, -0.15) is 8.78 Å². The lowest BCUT2D eigenvalue weighted by Crippen LogP contribution is -2.40. The Kier molecular flexibility index (Phi) is 6.62. The molecule has 0 bridgehead atoms. The van der Waals surface area contributed by atoms with Crippen LogP contribution in [0.3, 0.4) is 0 Å². The topological polar surface area (TPSA) is 112 Å². The number of rotatable bonds is 4. The molecule has 12 heteroatoms. The summed E-state index contributed by atoms with van der Waals surface area (Å²) in [6.07, 6.45) is 1.33. The molecule has 1 atom stereocenters. The second kappa shape index (κ2) is 9.20. The molecular formula is C19H15ClF3N5O3. The van der Waals surface area contributed by atoms with Gasteiger partial charge in [-0.3, -0.25) is 4.79 Å². The molecule has 3 rings (SSSR count). The number of nitrogens with one attached hydrogen (secondary N) is 1. The molecule has 2 aromatic heterocycles. The average molecular weight is 454 g/mol. The number of anilines is 1. The van der Waals surface area contributed by atoms with Gasteiger partial charge in [0.25, 0.3) is 11.9 Å². The van der Waals surface area contributed by atoms with Crippen molar-refractivity contribution in [2.75, 3.05) is 25.6 Å². The lowest BCUT2D eigenvalue weighted by atomic mass is 10.1. The Morgan fingerprint density at radius 2 is 2.26 bits per heavy atom. The standard InChI is InChI=1S/C19H15ClF3N5O3/c1-30-6-2-3-10-7-11(20)14(25-8-10)17(29)27-13-5-4-12(21)15(26-13)16-19(22,23)9-31-18(24)28-16/h4-5,7-8,16H,6,9H2,1H3,(H2,24,28)(H,26,27,29)/t16-/m1/s1. The molecule has 31 heavy (non-hydrogen) atoms. The molecule has 0 aromatic carbocycles. The smallest absolute Gasteiger partial charge is 0.309 e. The quantitative estimate of drug-likeness (QED) is 0.688. The van der Waals surface area contributed by atoms with Crippen LogP contribution in [0.5, 0.6) is 0 Å². The number of amidine groups is 1. The van der Waals surface area contributed by atoms with Gasteiger partial charge in [0.1, 0.15) is 29.6 Å². The number of alkyl halides is 2. The number of aromatic nitrogens is 2. The van der Waals surface area contributed by atoms with Gasteiger partial charge in [0, 0.05) is 18.9 Å². The van der Waals surface area contributed by atoms with Crippen molar-refractivity contribution < 1.29 is 27.4 Å². The van der Waals surface area contributed by atoms with Crippen LogP contribution in [0.4, 0.5) is 19.0 Å². The zero-order valence-electron chi connectivity index (χ0n) is 16.0. The minimum absolute atomic E-state index is 0.00242. The van der Waals surface area contributed by atoms with Crippen molar-refractivity contribution >= 4 is 29.3 Å². The largest absolute Gasteiger partial charge is 0.459 e. The highest BCUT2D eigenvalue weighted by molar-refractivity contribution is 6.34. The van der Waals surface area contributed by atoms with Crippen LogP contribution in [0.25, 0.3) is 0 Å². The maximum atomic E-state index is 14.2. The van der Waals surface area contributed by atoms with Crippen LogP contribution in [-0.4, -0.2) is 48.1 Å². The monoisotopic (exact) mass is 453 g/mol. The van der Waals surface area contributed by atoms with E-state index in [4.69, 9.17) is 22.1 Å². The van der Waals surface area contributed by atoms with E-state index < -0.39 is 42.0 Å². The van der Waals surface area contributed by atoms with Gasteiger partial charge < -0.3 is 20.5 Å². The number of nitrogens with zero attached hydrogens (tertiary/aromatic N) is 3. The first kappa shape index (κ1) is 22.3. The third-order valence-corrected chi connectivity index (χ3v) is 4.24. The van der Waals surface area contributed by atoms with Crippen LogP contribution in [0, 0.1) is 17.7 Å². The van der Waals surface area contributed by atoms with Crippen LogP contribution in [-0.2, 0) is 9.47 Å². The maximum absolute atomic E-state index is 14.2. The second-order valence-electron chi connectivity index (χ2n) is 6.23. The molecule has 8 nitrogen and oxygen atoms in total. The highest BCUT2D eigenvalue weighted by Gasteiger charge is 2.47. The third kappa shape index (κ3) is 5.22. The minimum Gasteiger partial charge on any atom is -0.459 e. The zero-order chi connectivity index (χ0) is 22.6. The van der Waals surface area contributed by atoms with Crippen molar-refractivity contribution in [3.05, 3.63) is 52.2 Å². The highest BCUT2D eigenvalue weighted by Crippen LogP contribution is 2.38. The summed E-state index contributed by atoms with van der Waals surface area (Å²) in [5.74, 6) is -0.125. The molecule has 0 saturated heterocycles. The molecule has 0 spiro atoms. The van der Waals surface area contributed by atoms with Gasteiger partial charge in [0.2, 0.25) is 0 Å². The van der Waals surface area contributed by atoms with Crippen molar-refractivity contribution in [2.24, 2.45) is 10.7 Å². The van der Waals surface area contributed by atoms with Gasteiger partial charge in [-0.1, -0.05) is 23.4 Å². The molecule has 2 aromatic rings. The number of hydrogen-bond acceptors (Lipinski definition) is 7. The zero-order valence-corrected chi connectivity index (χ0v) is 16.7. The molecule has 0 aliphatic carbocycles. The summed E-state index contributed by atoms with van der Waals surface area (Å²) in [6, 6.07) is 0.870. The minimum atomic E-state index is -3.55. The summed E-state index contributed by atoms with van der Waals surface area (Å²) in [4.78, 5) is 23.7. The summed E-state index contributed by atoms with van der Waals surface area (Å²) in [5.41, 5.74) is 4.93. The Hall–Kier alpha value is -3.36. The number of aliphatic imine (C=N–C) groups is 1. The van der Waals surface area contributed by atoms with Crippen molar-refractivity contribution in [3.63, 3.8) is 0 Å². The summed E-state index contributed by atoms with van der Waals surface area (Å²) < 4.78 is 51.8. The summed E-state index contributed by atoms with van der Waals surface area (Å²) >= 11 is 6.09. The number of nitrogens with two attached hydrogens (primary N) is 1. The van der Waals surface area contributed by atoms with Crippen LogP contribution in [0.2, 0.25) is 5.02 Å². The molecule has 1 aliphatic heterocycles. The molecule has 0 radical (unpaired) electrons. The fraction of sp³-hybridized carbons (Fsp3) is 0.263. The summed E-state index contributed by atoms with van der Waals surface area (Å²) in [6.45, 7) is -0.871. The summed E-state index contributed by atoms with van der Waals surface area (Å²) in [7, 11) is 1.49. The number of ether oxygens (including phenoxy) is 2. The van der Waals surface area contributed by atoms with Gasteiger partial charge in [0.05, 0.1) is 5.02 Å². The van der Waals surface area contributed by atoms with Crippen LogP contribution < -0.4 is 11.1 Å². The lowest BCUT2D eigenvalue weighted by Gasteiger charge is -2.27. The van der Waals surface area contributed by atoms with Crippen molar-refractivity contribution in [1.29, 1.82) is 0 Å². The molecule has 0 saturated carbocycles. The Morgan fingerprint density at radius 1 is 1.48 bits per heavy atom. The van der Waals surface area contributed by atoms with Gasteiger partial charge in [0.15, 0.2) is 12.6 Å². The normalized spacial score (nSPS) is 17.1. The number of halogens is 4. The predicted octanol–water partition coefficient (Wildman–Crippen LogP) is 2.54. The molecule has 0 fully saturated rings. The number of carbonyl (C=O) groups excluding carboxylic acids is 1. The van der Waals surface area contributed by atoms with Crippen molar-refractivity contribution in [3.8, 4) is 11.8 Å². The number of methoxy groups -OCH3 is 1. The first-order valence-electron chi connectivity index (χ1n) is 8.66. The molecule has 0 unspecified atom stereocenters. The van der Waals surface area contributed by atoms with Gasteiger partial charge in [-0.25, -0.2) is 19.4 Å². The molecule has 3 heterocycles. The highest BCUT2D eigenvalue weighted by atomic mass is 35.5. The predicted molar refractivity (Wildman–Crippen MR) is 105 cm³/mol. The van der Waals surface area contributed by atoms with Gasteiger partial charge in [-0.15, -0.1) is 0 Å². The lowest BCUT2D eigenvalue weighted by molar-refractivity contribution is -0.0798. The van der Waals surface area contributed by atoms with E-state index in [1.165, 1.54) is 19.4 Å². The number of pyridine rings is 2. The van der Waals surface area contributed by atoms with E-state index in [0.29, 0.717) is 5.56 Å². The van der Waals surface area contributed by atoms with Gasteiger partial charge >= 0.3 is 5.92 Å². The van der Waals surface area contributed by atoms with Crippen molar-refractivity contribution in [1.82, 2.24) is 9.97 Å². The Balaban J connectivity index is 1.84. The Labute approximate surface area is 179 Å². The fourth-order valence-electron chi connectivity index (χ4n) is 2.55.